The zero-order valence-electron chi connectivity index (χ0n) is 16.5. The predicted molar refractivity (Wildman–Crippen MR) is 110 cm³/mol. The monoisotopic (exact) mass is 428 g/mol. The molecule has 162 valence electrons. The molecule has 0 unspecified atom stereocenters. The van der Waals surface area contributed by atoms with E-state index < -0.39 is 17.6 Å². The molecule has 1 heterocycles. The molecule has 0 aliphatic carbocycles. The van der Waals surface area contributed by atoms with Crippen molar-refractivity contribution in [2.75, 3.05) is 38.2 Å². The van der Waals surface area contributed by atoms with Gasteiger partial charge in [0.1, 0.15) is 11.6 Å². The molecule has 1 saturated heterocycles. The molecule has 1 aliphatic heterocycles. The summed E-state index contributed by atoms with van der Waals surface area (Å²) in [7, 11) is 0. The second-order valence-electron chi connectivity index (χ2n) is 6.51. The van der Waals surface area contributed by atoms with E-state index in [0.29, 0.717) is 37.6 Å². The molecule has 0 aromatic heterocycles. The van der Waals surface area contributed by atoms with Gasteiger partial charge < -0.3 is 19.7 Å². The molecule has 0 bridgehead atoms. The van der Waals surface area contributed by atoms with Crippen LogP contribution in [0.3, 0.4) is 0 Å². The minimum atomic E-state index is -0.970. The van der Waals surface area contributed by atoms with E-state index in [0.717, 1.165) is 12.1 Å². The summed E-state index contributed by atoms with van der Waals surface area (Å²) in [6.45, 7) is 2.12. The van der Waals surface area contributed by atoms with Crippen molar-refractivity contribution in [3.05, 3.63) is 59.9 Å². The predicted octanol–water partition coefficient (Wildman–Crippen LogP) is 1.15. The van der Waals surface area contributed by atoms with Gasteiger partial charge in [0.05, 0.1) is 19.4 Å². The van der Waals surface area contributed by atoms with Gasteiger partial charge in [-0.25, -0.2) is 9.82 Å². The van der Waals surface area contributed by atoms with E-state index in [1.807, 2.05) is 0 Å². The zero-order valence-corrected chi connectivity index (χ0v) is 16.5. The normalized spacial score (nSPS) is 13.6. The van der Waals surface area contributed by atoms with Gasteiger partial charge in [0.2, 0.25) is 0 Å². The first-order chi connectivity index (χ1) is 15.0. The number of rotatable bonds is 6. The molecule has 1 aliphatic rings. The molecule has 0 spiro atoms. The summed E-state index contributed by atoms with van der Waals surface area (Å²) >= 11 is 0. The van der Waals surface area contributed by atoms with E-state index in [2.05, 4.69) is 15.8 Å². The Kier molecular flexibility index (Phi) is 7.66. The number of carbonyl (C=O) groups is 3. The largest absolute Gasteiger partial charge is 0.484 e. The van der Waals surface area contributed by atoms with Crippen molar-refractivity contribution < 1.29 is 28.2 Å². The van der Waals surface area contributed by atoms with Crippen molar-refractivity contribution in [1.29, 1.82) is 0 Å². The van der Waals surface area contributed by atoms with Crippen molar-refractivity contribution in [2.24, 2.45) is 5.10 Å². The smallest absolute Gasteiger partial charge is 0.329 e. The van der Waals surface area contributed by atoms with Crippen LogP contribution in [0.25, 0.3) is 0 Å². The minimum Gasteiger partial charge on any atom is -0.484 e. The van der Waals surface area contributed by atoms with Gasteiger partial charge in [-0.15, -0.1) is 0 Å². The van der Waals surface area contributed by atoms with Crippen molar-refractivity contribution in [3.8, 4) is 5.75 Å². The molecule has 2 N–H and O–H groups in total. The van der Waals surface area contributed by atoms with Gasteiger partial charge in [0.15, 0.2) is 6.61 Å². The standard InChI is InChI=1S/C21H21FN4O5/c22-16-3-5-17(6-4-16)24-20(28)21(29)25-23-13-15-1-7-18(8-2-15)31-14-19(27)26-9-11-30-12-10-26/h1-8,13H,9-12,14H2,(H,24,28)(H,25,29)/b23-13-. The van der Waals surface area contributed by atoms with Gasteiger partial charge in [-0.05, 0) is 54.1 Å². The third-order valence-electron chi connectivity index (χ3n) is 4.29. The highest BCUT2D eigenvalue weighted by molar-refractivity contribution is 6.39. The highest BCUT2D eigenvalue weighted by atomic mass is 19.1. The van der Waals surface area contributed by atoms with Crippen LogP contribution in [0.1, 0.15) is 5.56 Å². The summed E-state index contributed by atoms with van der Waals surface area (Å²) in [5.74, 6) is -1.94. The highest BCUT2D eigenvalue weighted by Gasteiger charge is 2.17. The molecule has 2 aromatic rings. The number of hydrogen-bond donors (Lipinski definition) is 2. The van der Waals surface area contributed by atoms with Crippen LogP contribution in [-0.2, 0) is 19.1 Å². The van der Waals surface area contributed by atoms with Crippen molar-refractivity contribution in [3.63, 3.8) is 0 Å². The summed E-state index contributed by atoms with van der Waals surface area (Å²) in [6.07, 6.45) is 1.35. The number of hydrogen-bond acceptors (Lipinski definition) is 6. The van der Waals surface area contributed by atoms with Crippen LogP contribution in [-0.4, -0.2) is 61.7 Å². The Morgan fingerprint density at radius 1 is 1.03 bits per heavy atom. The Morgan fingerprint density at radius 2 is 1.71 bits per heavy atom. The van der Waals surface area contributed by atoms with Gasteiger partial charge in [0, 0.05) is 18.8 Å². The fourth-order valence-electron chi connectivity index (χ4n) is 2.64. The SMILES string of the molecule is O=C(N/N=C\c1ccc(OCC(=O)N2CCOCC2)cc1)C(=O)Nc1ccc(F)cc1. The molecular formula is C21H21FN4O5. The van der Waals surface area contributed by atoms with Gasteiger partial charge in [-0.1, -0.05) is 0 Å². The van der Waals surface area contributed by atoms with Crippen LogP contribution in [0.15, 0.2) is 53.6 Å². The summed E-state index contributed by atoms with van der Waals surface area (Å²) < 4.78 is 23.6. The maximum atomic E-state index is 12.9. The molecule has 3 rings (SSSR count). The van der Waals surface area contributed by atoms with Crippen molar-refractivity contribution in [1.82, 2.24) is 10.3 Å². The van der Waals surface area contributed by atoms with E-state index in [9.17, 15) is 18.8 Å². The van der Waals surface area contributed by atoms with Crippen LogP contribution in [0.5, 0.6) is 5.75 Å². The highest BCUT2D eigenvalue weighted by Crippen LogP contribution is 2.12. The average molecular weight is 428 g/mol. The lowest BCUT2D eigenvalue weighted by Gasteiger charge is -2.26. The number of halogens is 1. The molecule has 31 heavy (non-hydrogen) atoms. The molecule has 0 atom stereocenters. The Bertz CT molecular complexity index is 941. The molecule has 2 aromatic carbocycles. The maximum Gasteiger partial charge on any atom is 0.329 e. The topological polar surface area (TPSA) is 109 Å². The third kappa shape index (κ3) is 6.89. The lowest BCUT2D eigenvalue weighted by Crippen LogP contribution is -2.42. The number of nitrogens with zero attached hydrogens (tertiary/aromatic N) is 2. The minimum absolute atomic E-state index is 0.0628. The number of ether oxygens (including phenoxy) is 2. The first-order valence-electron chi connectivity index (χ1n) is 9.49. The van der Waals surface area contributed by atoms with Crippen LogP contribution in [0.2, 0.25) is 0 Å². The van der Waals surface area contributed by atoms with Gasteiger partial charge >= 0.3 is 11.8 Å². The number of carbonyl (C=O) groups excluding carboxylic acids is 3. The Morgan fingerprint density at radius 3 is 2.39 bits per heavy atom. The van der Waals surface area contributed by atoms with Gasteiger partial charge in [0.25, 0.3) is 5.91 Å². The van der Waals surface area contributed by atoms with E-state index in [-0.39, 0.29) is 18.2 Å². The van der Waals surface area contributed by atoms with E-state index in [4.69, 9.17) is 9.47 Å². The van der Waals surface area contributed by atoms with Crippen LogP contribution >= 0.6 is 0 Å². The fraction of sp³-hybridized carbons (Fsp3) is 0.238. The first kappa shape index (κ1) is 21.9. The van der Waals surface area contributed by atoms with Crippen LogP contribution in [0.4, 0.5) is 10.1 Å². The van der Waals surface area contributed by atoms with Crippen LogP contribution in [0, 0.1) is 5.82 Å². The van der Waals surface area contributed by atoms with E-state index in [1.54, 1.807) is 29.2 Å². The lowest BCUT2D eigenvalue weighted by atomic mass is 10.2. The number of amides is 3. The fourth-order valence-corrected chi connectivity index (χ4v) is 2.64. The van der Waals surface area contributed by atoms with E-state index >= 15 is 0 Å². The van der Waals surface area contributed by atoms with Crippen molar-refractivity contribution >= 4 is 29.6 Å². The molecule has 0 saturated carbocycles. The molecule has 1 fully saturated rings. The van der Waals surface area contributed by atoms with Crippen LogP contribution < -0.4 is 15.5 Å². The van der Waals surface area contributed by atoms with Crippen molar-refractivity contribution in [2.45, 2.75) is 0 Å². The average Bonchev–Trinajstić information content (AvgIpc) is 2.80. The first-order valence-corrected chi connectivity index (χ1v) is 9.49. The van der Waals surface area contributed by atoms with Gasteiger partial charge in [-0.3, -0.25) is 14.4 Å². The summed E-state index contributed by atoms with van der Waals surface area (Å²) in [5, 5.41) is 6.05. The lowest BCUT2D eigenvalue weighted by molar-refractivity contribution is -0.137. The summed E-state index contributed by atoms with van der Waals surface area (Å²) in [4.78, 5) is 37.3. The molecule has 0 radical (unpaired) electrons. The Hall–Kier alpha value is -3.79. The molecular weight excluding hydrogens is 407 g/mol. The molecule has 3 amide bonds. The third-order valence-corrected chi connectivity index (χ3v) is 4.29. The number of benzene rings is 2. The van der Waals surface area contributed by atoms with Gasteiger partial charge in [-0.2, -0.15) is 5.10 Å². The quantitative estimate of drug-likeness (QED) is 0.408. The zero-order chi connectivity index (χ0) is 22.1. The maximum absolute atomic E-state index is 12.9. The number of morpholine rings is 1. The summed E-state index contributed by atoms with van der Waals surface area (Å²) in [5.41, 5.74) is 3.04. The molecule has 9 nitrogen and oxygen atoms in total. The number of anilines is 1. The molecule has 10 heteroatoms. The second-order valence-corrected chi connectivity index (χ2v) is 6.51. The van der Waals surface area contributed by atoms with E-state index in [1.165, 1.54) is 18.3 Å². The second kappa shape index (κ2) is 10.8. The Labute approximate surface area is 177 Å². The number of nitrogens with one attached hydrogen (secondary N) is 2. The summed E-state index contributed by atoms with van der Waals surface area (Å²) in [6, 6.07) is 11.7. The Balaban J connectivity index is 1.42. The number of hydrazone groups is 1.